The van der Waals surface area contributed by atoms with Crippen molar-refractivity contribution in [2.45, 2.75) is 50.2 Å². The smallest absolute Gasteiger partial charge is 0.306 e. The second-order valence-corrected chi connectivity index (χ2v) is 8.50. The molecule has 2 aromatic heterocycles. The monoisotopic (exact) mass is 428 g/mol. The lowest BCUT2D eigenvalue weighted by molar-refractivity contribution is -0.137. The van der Waals surface area contributed by atoms with E-state index in [4.69, 9.17) is 0 Å². The maximum Gasteiger partial charge on any atom is 0.416 e. The highest BCUT2D eigenvalue weighted by atomic mass is 19.4. The van der Waals surface area contributed by atoms with Crippen molar-refractivity contribution in [3.05, 3.63) is 60.0 Å². The first-order chi connectivity index (χ1) is 14.8. The van der Waals surface area contributed by atoms with Gasteiger partial charge in [0.2, 0.25) is 0 Å². The molecule has 2 atom stereocenters. The van der Waals surface area contributed by atoms with E-state index in [1.807, 2.05) is 12.1 Å². The summed E-state index contributed by atoms with van der Waals surface area (Å²) in [7, 11) is 4.24. The SMILES string of the molecule is CN(C)[C@H]1CCC[C@@H](c2[nH]nc(-c3cccc(C(F)(F)F)c3)c2-c2ccncc2)CC1. The van der Waals surface area contributed by atoms with Gasteiger partial charge in [-0.3, -0.25) is 10.1 Å². The van der Waals surface area contributed by atoms with Gasteiger partial charge in [-0.05, 0) is 69.6 Å². The highest BCUT2D eigenvalue weighted by Crippen LogP contribution is 2.42. The highest BCUT2D eigenvalue weighted by Gasteiger charge is 2.32. The molecule has 1 aromatic carbocycles. The quantitative estimate of drug-likeness (QED) is 0.508. The normalized spacial score (nSPS) is 20.1. The number of hydrogen-bond donors (Lipinski definition) is 1. The molecule has 1 aliphatic rings. The van der Waals surface area contributed by atoms with Gasteiger partial charge in [-0.15, -0.1) is 0 Å². The minimum absolute atomic E-state index is 0.292. The molecule has 7 heteroatoms. The van der Waals surface area contributed by atoms with Crippen LogP contribution in [0, 0.1) is 0 Å². The van der Waals surface area contributed by atoms with Crippen LogP contribution in [0.3, 0.4) is 0 Å². The lowest BCUT2D eigenvalue weighted by Gasteiger charge is -2.22. The maximum atomic E-state index is 13.3. The van der Waals surface area contributed by atoms with Crippen LogP contribution in [-0.2, 0) is 6.18 Å². The van der Waals surface area contributed by atoms with E-state index in [2.05, 4.69) is 34.2 Å². The minimum Gasteiger partial charge on any atom is -0.306 e. The van der Waals surface area contributed by atoms with Crippen molar-refractivity contribution >= 4 is 0 Å². The Morgan fingerprint density at radius 3 is 2.45 bits per heavy atom. The predicted octanol–water partition coefficient (Wildman–Crippen LogP) is 6.14. The number of benzene rings is 1. The van der Waals surface area contributed by atoms with Crippen LogP contribution in [0.1, 0.15) is 49.3 Å². The first-order valence-corrected chi connectivity index (χ1v) is 10.7. The number of H-pyrrole nitrogens is 1. The number of nitrogens with zero attached hydrogens (tertiary/aromatic N) is 3. The molecular formula is C24H27F3N4. The van der Waals surface area contributed by atoms with Gasteiger partial charge in [-0.2, -0.15) is 18.3 Å². The molecule has 0 unspecified atom stereocenters. The lowest BCUT2D eigenvalue weighted by atomic mass is 9.89. The molecule has 1 N–H and O–H groups in total. The van der Waals surface area contributed by atoms with Gasteiger partial charge < -0.3 is 4.90 Å². The molecule has 0 aliphatic heterocycles. The number of nitrogens with one attached hydrogen (secondary N) is 1. The highest BCUT2D eigenvalue weighted by molar-refractivity contribution is 5.83. The van der Waals surface area contributed by atoms with E-state index in [1.54, 1.807) is 18.5 Å². The van der Waals surface area contributed by atoms with Gasteiger partial charge in [0.25, 0.3) is 0 Å². The molecule has 164 valence electrons. The Morgan fingerprint density at radius 2 is 1.74 bits per heavy atom. The van der Waals surface area contributed by atoms with Gasteiger partial charge in [-0.25, -0.2) is 0 Å². The second kappa shape index (κ2) is 8.83. The summed E-state index contributed by atoms with van der Waals surface area (Å²) in [5.74, 6) is 0.292. The molecule has 0 radical (unpaired) electrons. The molecule has 0 bridgehead atoms. The van der Waals surface area contributed by atoms with Gasteiger partial charge in [0.15, 0.2) is 0 Å². The van der Waals surface area contributed by atoms with Crippen molar-refractivity contribution in [1.82, 2.24) is 20.1 Å². The van der Waals surface area contributed by atoms with Crippen molar-refractivity contribution < 1.29 is 13.2 Å². The van der Waals surface area contributed by atoms with E-state index >= 15 is 0 Å². The summed E-state index contributed by atoms with van der Waals surface area (Å²) in [6.45, 7) is 0. The fourth-order valence-electron chi connectivity index (χ4n) is 4.60. The van der Waals surface area contributed by atoms with Gasteiger partial charge >= 0.3 is 6.18 Å². The molecule has 4 nitrogen and oxygen atoms in total. The fourth-order valence-corrected chi connectivity index (χ4v) is 4.60. The van der Waals surface area contributed by atoms with Crippen LogP contribution in [0.2, 0.25) is 0 Å². The standard InChI is InChI=1S/C24H27F3N4/c1-31(2)20-8-4-5-17(9-10-20)22-21(16-11-13-28-14-12-16)23(30-29-22)18-6-3-7-19(15-18)24(25,26)27/h3,6-7,11-15,17,20H,4-5,8-10H2,1-2H3,(H,29,30)/t17-,20+/m1/s1. The molecule has 31 heavy (non-hydrogen) atoms. The van der Waals surface area contributed by atoms with Gasteiger partial charge in [-0.1, -0.05) is 18.6 Å². The molecule has 1 saturated carbocycles. The Hall–Kier alpha value is -2.67. The third-order valence-electron chi connectivity index (χ3n) is 6.30. The van der Waals surface area contributed by atoms with Gasteiger partial charge in [0.05, 0.1) is 5.56 Å². The summed E-state index contributed by atoms with van der Waals surface area (Å²) in [6.07, 6.45) is 4.43. The van der Waals surface area contributed by atoms with Crippen molar-refractivity contribution in [3.63, 3.8) is 0 Å². The zero-order chi connectivity index (χ0) is 22.0. The number of pyridine rings is 1. The average Bonchev–Trinajstić information content (AvgIpc) is 3.04. The van der Waals surface area contributed by atoms with E-state index in [0.717, 1.165) is 55.0 Å². The third kappa shape index (κ3) is 4.66. The summed E-state index contributed by atoms with van der Waals surface area (Å²) in [5.41, 5.74) is 3.16. The summed E-state index contributed by atoms with van der Waals surface area (Å²) >= 11 is 0. The van der Waals surface area contributed by atoms with Crippen LogP contribution in [0.4, 0.5) is 13.2 Å². The molecule has 1 aliphatic carbocycles. The molecule has 1 fully saturated rings. The van der Waals surface area contributed by atoms with Crippen LogP contribution >= 0.6 is 0 Å². The topological polar surface area (TPSA) is 44.8 Å². The number of hydrogen-bond acceptors (Lipinski definition) is 3. The lowest BCUT2D eigenvalue weighted by Crippen LogP contribution is -2.26. The molecule has 2 heterocycles. The Kier molecular flexibility index (Phi) is 6.14. The molecular weight excluding hydrogens is 401 g/mol. The zero-order valence-corrected chi connectivity index (χ0v) is 17.8. The van der Waals surface area contributed by atoms with Gasteiger partial charge in [0, 0.05) is 41.2 Å². The predicted molar refractivity (Wildman–Crippen MR) is 116 cm³/mol. The van der Waals surface area contributed by atoms with Crippen LogP contribution in [-0.4, -0.2) is 40.2 Å². The number of aromatic nitrogens is 3. The van der Waals surface area contributed by atoms with Gasteiger partial charge in [0.1, 0.15) is 5.69 Å². The Balaban J connectivity index is 1.78. The van der Waals surface area contributed by atoms with E-state index in [-0.39, 0.29) is 0 Å². The minimum atomic E-state index is -4.39. The Bertz CT molecular complexity index is 1010. The zero-order valence-electron chi connectivity index (χ0n) is 17.8. The van der Waals surface area contributed by atoms with E-state index in [0.29, 0.717) is 23.2 Å². The summed E-state index contributed by atoms with van der Waals surface area (Å²) < 4.78 is 39.9. The van der Waals surface area contributed by atoms with Crippen LogP contribution in [0.15, 0.2) is 48.8 Å². The Morgan fingerprint density at radius 1 is 0.968 bits per heavy atom. The number of rotatable bonds is 4. The number of aromatic amines is 1. The van der Waals surface area contributed by atoms with E-state index in [1.165, 1.54) is 12.1 Å². The second-order valence-electron chi connectivity index (χ2n) is 8.50. The number of halogens is 3. The van der Waals surface area contributed by atoms with Crippen LogP contribution < -0.4 is 0 Å². The number of alkyl halides is 3. The van der Waals surface area contributed by atoms with Crippen LogP contribution in [0.5, 0.6) is 0 Å². The first kappa shape index (κ1) is 21.6. The summed E-state index contributed by atoms with van der Waals surface area (Å²) in [5, 5.41) is 7.73. The third-order valence-corrected chi connectivity index (χ3v) is 6.30. The molecule has 0 saturated heterocycles. The van der Waals surface area contributed by atoms with Crippen LogP contribution in [0.25, 0.3) is 22.4 Å². The largest absolute Gasteiger partial charge is 0.416 e. The first-order valence-electron chi connectivity index (χ1n) is 10.7. The van der Waals surface area contributed by atoms with Crippen molar-refractivity contribution in [2.24, 2.45) is 0 Å². The van der Waals surface area contributed by atoms with E-state index < -0.39 is 11.7 Å². The Labute approximate surface area is 180 Å². The van der Waals surface area contributed by atoms with E-state index in [9.17, 15) is 13.2 Å². The molecule has 0 spiro atoms. The van der Waals surface area contributed by atoms with Crippen molar-refractivity contribution in [2.75, 3.05) is 14.1 Å². The average molecular weight is 429 g/mol. The summed E-state index contributed by atoms with van der Waals surface area (Å²) in [6, 6.07) is 9.75. The van der Waals surface area contributed by atoms with Crippen molar-refractivity contribution in [1.29, 1.82) is 0 Å². The van der Waals surface area contributed by atoms with Crippen molar-refractivity contribution in [3.8, 4) is 22.4 Å². The molecule has 4 rings (SSSR count). The summed E-state index contributed by atoms with van der Waals surface area (Å²) in [4.78, 5) is 6.39. The maximum absolute atomic E-state index is 13.3. The molecule has 3 aromatic rings. The molecule has 0 amide bonds. The fraction of sp³-hybridized carbons (Fsp3) is 0.417.